The minimum absolute atomic E-state index is 0.154. The fraction of sp³-hybridized carbons (Fsp3) is 0.500. The third-order valence-corrected chi connectivity index (χ3v) is 3.01. The van der Waals surface area contributed by atoms with E-state index < -0.39 is 0 Å². The van der Waals surface area contributed by atoms with E-state index in [1.807, 2.05) is 0 Å². The van der Waals surface area contributed by atoms with E-state index >= 15 is 0 Å². The van der Waals surface area contributed by atoms with Gasteiger partial charge in [0.25, 0.3) is 5.91 Å². The Balaban J connectivity index is 2.35. The molecule has 1 heterocycles. The van der Waals surface area contributed by atoms with Crippen molar-refractivity contribution in [2.75, 3.05) is 6.54 Å². The number of nitrogens with zero attached hydrogens (tertiary/aromatic N) is 1. The van der Waals surface area contributed by atoms with Crippen molar-refractivity contribution in [3.05, 3.63) is 29.6 Å². The number of thiocarbonyl (C=S) groups is 1. The summed E-state index contributed by atoms with van der Waals surface area (Å²) in [7, 11) is 0. The first-order chi connectivity index (χ1) is 9.00. The van der Waals surface area contributed by atoms with Gasteiger partial charge in [-0.1, -0.05) is 38.9 Å². The van der Waals surface area contributed by atoms with Gasteiger partial charge in [-0.3, -0.25) is 9.78 Å². The van der Waals surface area contributed by atoms with Crippen LogP contribution in [0, 0.1) is 5.92 Å². The van der Waals surface area contributed by atoms with Gasteiger partial charge in [-0.25, -0.2) is 0 Å². The van der Waals surface area contributed by atoms with Crippen LogP contribution < -0.4 is 11.1 Å². The molecule has 19 heavy (non-hydrogen) atoms. The zero-order valence-corrected chi connectivity index (χ0v) is 12.3. The second kappa shape index (κ2) is 7.84. The van der Waals surface area contributed by atoms with Gasteiger partial charge >= 0.3 is 0 Å². The van der Waals surface area contributed by atoms with Crippen molar-refractivity contribution < 1.29 is 4.79 Å². The van der Waals surface area contributed by atoms with E-state index in [2.05, 4.69) is 24.1 Å². The van der Waals surface area contributed by atoms with Crippen LogP contribution >= 0.6 is 12.2 Å². The van der Waals surface area contributed by atoms with Crippen LogP contribution in [0.25, 0.3) is 0 Å². The molecule has 0 unspecified atom stereocenters. The SMILES string of the molecule is CC(C)CCCCNC(=O)c1ccc(C(N)=S)cn1. The number of hydrogen-bond acceptors (Lipinski definition) is 3. The Bertz CT molecular complexity index is 429. The summed E-state index contributed by atoms with van der Waals surface area (Å²) in [5.41, 5.74) is 6.53. The lowest BCUT2D eigenvalue weighted by atomic mass is 10.1. The number of nitrogens with one attached hydrogen (secondary N) is 1. The van der Waals surface area contributed by atoms with Crippen molar-refractivity contribution in [1.82, 2.24) is 10.3 Å². The lowest BCUT2D eigenvalue weighted by molar-refractivity contribution is 0.0948. The first-order valence-corrected chi connectivity index (χ1v) is 6.95. The second-order valence-corrected chi connectivity index (χ2v) is 5.38. The van der Waals surface area contributed by atoms with E-state index in [0.29, 0.717) is 23.7 Å². The molecule has 4 nitrogen and oxygen atoms in total. The van der Waals surface area contributed by atoms with E-state index in [1.54, 1.807) is 12.1 Å². The summed E-state index contributed by atoms with van der Waals surface area (Å²) in [6.45, 7) is 5.09. The third-order valence-electron chi connectivity index (χ3n) is 2.77. The lowest BCUT2D eigenvalue weighted by Gasteiger charge is -2.06. The highest BCUT2D eigenvalue weighted by Gasteiger charge is 2.06. The molecule has 0 spiro atoms. The minimum atomic E-state index is -0.154. The number of nitrogens with two attached hydrogens (primary N) is 1. The monoisotopic (exact) mass is 279 g/mol. The fourth-order valence-corrected chi connectivity index (χ4v) is 1.76. The van der Waals surface area contributed by atoms with Crippen LogP contribution in [0.3, 0.4) is 0 Å². The molecule has 1 aromatic heterocycles. The molecule has 0 aliphatic rings. The zero-order chi connectivity index (χ0) is 14.3. The summed E-state index contributed by atoms with van der Waals surface area (Å²) < 4.78 is 0. The van der Waals surface area contributed by atoms with Crippen molar-refractivity contribution in [3.8, 4) is 0 Å². The number of carbonyl (C=O) groups is 1. The van der Waals surface area contributed by atoms with Crippen molar-refractivity contribution in [2.45, 2.75) is 33.1 Å². The summed E-state index contributed by atoms with van der Waals surface area (Å²) in [4.78, 5) is 16.1. The van der Waals surface area contributed by atoms with E-state index in [0.717, 1.165) is 12.8 Å². The number of carbonyl (C=O) groups excluding carboxylic acids is 1. The van der Waals surface area contributed by atoms with Crippen LogP contribution in [0.5, 0.6) is 0 Å². The van der Waals surface area contributed by atoms with Gasteiger partial charge in [-0.15, -0.1) is 0 Å². The van der Waals surface area contributed by atoms with Crippen LogP contribution in [0.15, 0.2) is 18.3 Å². The number of unbranched alkanes of at least 4 members (excludes halogenated alkanes) is 1. The molecule has 0 saturated carbocycles. The van der Waals surface area contributed by atoms with Gasteiger partial charge in [-0.2, -0.15) is 0 Å². The predicted molar refractivity (Wildman–Crippen MR) is 81.1 cm³/mol. The Morgan fingerprint density at radius 2 is 2.16 bits per heavy atom. The standard InChI is InChI=1S/C14H21N3OS/c1-10(2)5-3-4-8-16-14(18)12-7-6-11(9-17-12)13(15)19/h6-7,9-10H,3-5,8H2,1-2H3,(H2,15,19)(H,16,18). The summed E-state index contributed by atoms with van der Waals surface area (Å²) >= 11 is 4.83. The highest BCUT2D eigenvalue weighted by atomic mass is 32.1. The first-order valence-electron chi connectivity index (χ1n) is 6.54. The van der Waals surface area contributed by atoms with Gasteiger partial charge in [0.2, 0.25) is 0 Å². The molecular formula is C14H21N3OS. The lowest BCUT2D eigenvalue weighted by Crippen LogP contribution is -2.25. The number of aromatic nitrogens is 1. The molecule has 1 amide bonds. The zero-order valence-electron chi connectivity index (χ0n) is 11.5. The van der Waals surface area contributed by atoms with Gasteiger partial charge in [0.15, 0.2) is 0 Å². The van der Waals surface area contributed by atoms with Gasteiger partial charge in [-0.05, 0) is 24.5 Å². The molecule has 0 bridgehead atoms. The second-order valence-electron chi connectivity index (χ2n) is 4.94. The van der Waals surface area contributed by atoms with E-state index in [4.69, 9.17) is 18.0 Å². The van der Waals surface area contributed by atoms with Gasteiger partial charge in [0.1, 0.15) is 10.7 Å². The Kier molecular flexibility index (Phi) is 6.42. The average Bonchev–Trinajstić information content (AvgIpc) is 2.37. The maximum absolute atomic E-state index is 11.8. The highest BCUT2D eigenvalue weighted by Crippen LogP contribution is 2.05. The van der Waals surface area contributed by atoms with Crippen molar-refractivity contribution >= 4 is 23.1 Å². The minimum Gasteiger partial charge on any atom is -0.389 e. The molecule has 1 aromatic rings. The number of pyridine rings is 1. The molecular weight excluding hydrogens is 258 g/mol. The molecule has 104 valence electrons. The quantitative estimate of drug-likeness (QED) is 0.593. The Labute approximate surface area is 119 Å². The molecule has 0 aromatic carbocycles. The molecule has 0 saturated heterocycles. The van der Waals surface area contributed by atoms with Crippen molar-refractivity contribution in [1.29, 1.82) is 0 Å². The van der Waals surface area contributed by atoms with Gasteiger partial charge in [0, 0.05) is 18.3 Å². The highest BCUT2D eigenvalue weighted by molar-refractivity contribution is 7.80. The van der Waals surface area contributed by atoms with Crippen LogP contribution in [-0.4, -0.2) is 22.4 Å². The maximum atomic E-state index is 11.8. The van der Waals surface area contributed by atoms with Crippen LogP contribution in [0.2, 0.25) is 0 Å². The normalized spacial score (nSPS) is 10.5. The Hall–Kier alpha value is -1.49. The van der Waals surface area contributed by atoms with Crippen molar-refractivity contribution in [2.24, 2.45) is 11.7 Å². The summed E-state index contributed by atoms with van der Waals surface area (Å²) in [5, 5.41) is 2.86. The van der Waals surface area contributed by atoms with Crippen LogP contribution in [-0.2, 0) is 0 Å². The van der Waals surface area contributed by atoms with E-state index in [-0.39, 0.29) is 10.9 Å². The third kappa shape index (κ3) is 5.79. The molecule has 1 rings (SSSR count). The Morgan fingerprint density at radius 3 is 2.68 bits per heavy atom. The molecule has 0 fully saturated rings. The number of hydrogen-bond donors (Lipinski definition) is 2. The molecule has 3 N–H and O–H groups in total. The topological polar surface area (TPSA) is 68.0 Å². The molecule has 0 atom stereocenters. The smallest absolute Gasteiger partial charge is 0.269 e. The maximum Gasteiger partial charge on any atom is 0.269 e. The van der Waals surface area contributed by atoms with Crippen LogP contribution in [0.1, 0.15) is 49.2 Å². The first kappa shape index (κ1) is 15.6. The molecule has 0 aliphatic heterocycles. The number of amides is 1. The summed E-state index contributed by atoms with van der Waals surface area (Å²) in [5.74, 6) is 0.559. The van der Waals surface area contributed by atoms with E-state index in [1.165, 1.54) is 12.6 Å². The van der Waals surface area contributed by atoms with E-state index in [9.17, 15) is 4.79 Å². The van der Waals surface area contributed by atoms with Gasteiger partial charge in [0.05, 0.1) is 0 Å². The van der Waals surface area contributed by atoms with Gasteiger partial charge < -0.3 is 11.1 Å². The fourth-order valence-electron chi connectivity index (χ4n) is 1.64. The summed E-state index contributed by atoms with van der Waals surface area (Å²) in [6, 6.07) is 3.35. The number of rotatable bonds is 7. The van der Waals surface area contributed by atoms with Crippen molar-refractivity contribution in [3.63, 3.8) is 0 Å². The molecule has 0 radical (unpaired) electrons. The summed E-state index contributed by atoms with van der Waals surface area (Å²) in [6.07, 6.45) is 4.84. The molecule has 5 heteroatoms. The average molecular weight is 279 g/mol. The Morgan fingerprint density at radius 1 is 1.42 bits per heavy atom. The predicted octanol–water partition coefficient (Wildman–Crippen LogP) is 2.27. The largest absolute Gasteiger partial charge is 0.389 e. The van der Waals surface area contributed by atoms with Crippen LogP contribution in [0.4, 0.5) is 0 Å². The molecule has 0 aliphatic carbocycles.